The average Bonchev–Trinajstić information content (AvgIpc) is 3.20. The molecule has 0 aliphatic heterocycles. The number of anilines is 1. The Morgan fingerprint density at radius 3 is 2.17 bits per heavy atom. The Morgan fingerprint density at radius 2 is 1.57 bits per heavy atom. The lowest BCUT2D eigenvalue weighted by molar-refractivity contribution is -0.117. The lowest BCUT2D eigenvalue weighted by Gasteiger charge is -2.05. The molecule has 1 N–H and O–H groups in total. The molecule has 1 saturated carbocycles. The Labute approximate surface area is 139 Å². The molecule has 122 valence electrons. The first kappa shape index (κ1) is 16.0. The molecule has 3 atom stereocenters. The molecule has 0 spiro atoms. The molecule has 2 heteroatoms. The molecule has 1 amide bonds. The molecule has 0 radical (unpaired) electrons. The van der Waals surface area contributed by atoms with E-state index in [-0.39, 0.29) is 11.8 Å². The van der Waals surface area contributed by atoms with Gasteiger partial charge < -0.3 is 5.32 Å². The summed E-state index contributed by atoms with van der Waals surface area (Å²) >= 11 is 0. The van der Waals surface area contributed by atoms with E-state index in [2.05, 4.69) is 42.6 Å². The zero-order valence-electron chi connectivity index (χ0n) is 14.0. The van der Waals surface area contributed by atoms with E-state index in [0.29, 0.717) is 11.8 Å². The van der Waals surface area contributed by atoms with Crippen molar-refractivity contribution in [3.05, 3.63) is 54.1 Å². The highest BCUT2D eigenvalue weighted by atomic mass is 16.2. The van der Waals surface area contributed by atoms with Gasteiger partial charge in [-0.3, -0.25) is 4.79 Å². The maximum atomic E-state index is 12.6. The highest BCUT2D eigenvalue weighted by Gasteiger charge is 2.52. The first-order chi connectivity index (χ1) is 11.3. The van der Waals surface area contributed by atoms with Crippen molar-refractivity contribution in [2.45, 2.75) is 45.4 Å². The van der Waals surface area contributed by atoms with E-state index >= 15 is 0 Å². The van der Waals surface area contributed by atoms with Gasteiger partial charge in [-0.2, -0.15) is 0 Å². The van der Waals surface area contributed by atoms with Gasteiger partial charge in [-0.25, -0.2) is 0 Å². The fourth-order valence-corrected chi connectivity index (χ4v) is 3.81. The van der Waals surface area contributed by atoms with Crippen LogP contribution < -0.4 is 5.32 Å². The molecule has 2 aliphatic rings. The summed E-state index contributed by atoms with van der Waals surface area (Å²) in [5, 5.41) is 3.12. The normalized spacial score (nSPS) is 30.2. The second-order valence-corrected chi connectivity index (χ2v) is 6.89. The van der Waals surface area contributed by atoms with E-state index in [0.717, 1.165) is 44.2 Å². The van der Waals surface area contributed by atoms with Gasteiger partial charge in [0.1, 0.15) is 0 Å². The van der Waals surface area contributed by atoms with Gasteiger partial charge in [0.2, 0.25) is 5.91 Å². The van der Waals surface area contributed by atoms with Gasteiger partial charge in [0.05, 0.1) is 0 Å². The number of benzene rings is 1. The Morgan fingerprint density at radius 1 is 0.957 bits per heavy atom. The van der Waals surface area contributed by atoms with Crippen LogP contribution in [-0.2, 0) is 4.79 Å². The van der Waals surface area contributed by atoms with Crippen LogP contribution in [0.25, 0.3) is 0 Å². The zero-order valence-corrected chi connectivity index (χ0v) is 14.0. The molecule has 0 aromatic heterocycles. The van der Waals surface area contributed by atoms with Crippen LogP contribution in [0.3, 0.4) is 0 Å². The van der Waals surface area contributed by atoms with Crippen LogP contribution in [-0.4, -0.2) is 5.91 Å². The summed E-state index contributed by atoms with van der Waals surface area (Å²) in [6, 6.07) is 8.07. The van der Waals surface area contributed by atoms with Crippen molar-refractivity contribution in [1.82, 2.24) is 0 Å². The number of amides is 1. The van der Waals surface area contributed by atoms with Gasteiger partial charge in [-0.05, 0) is 75.0 Å². The first-order valence-electron chi connectivity index (χ1n) is 8.93. The number of aryl methyl sites for hydroxylation is 1. The largest absolute Gasteiger partial charge is 0.326 e. The number of allylic oxidation sites excluding steroid dienone is 4. The summed E-state index contributed by atoms with van der Waals surface area (Å²) in [5.41, 5.74) is 2.11. The Kier molecular flexibility index (Phi) is 5.32. The van der Waals surface area contributed by atoms with Crippen LogP contribution in [0.4, 0.5) is 5.69 Å². The molecule has 1 unspecified atom stereocenters. The average molecular weight is 309 g/mol. The molecular formula is C21H27NO. The number of carbonyl (C=O) groups is 1. The maximum absolute atomic E-state index is 12.6. The SMILES string of the molecule is Cc1cccc(NC(=O)C2[C@H]3CC/C=C\CC/C=C\CC[C@@H]23)c1. The molecule has 0 heterocycles. The van der Waals surface area contributed by atoms with Crippen molar-refractivity contribution in [3.63, 3.8) is 0 Å². The minimum Gasteiger partial charge on any atom is -0.326 e. The Hall–Kier alpha value is -1.83. The second kappa shape index (κ2) is 7.63. The molecule has 1 aromatic rings. The van der Waals surface area contributed by atoms with E-state index in [1.807, 2.05) is 18.2 Å². The molecule has 0 bridgehead atoms. The smallest absolute Gasteiger partial charge is 0.228 e. The topological polar surface area (TPSA) is 29.1 Å². The summed E-state index contributed by atoms with van der Waals surface area (Å²) in [6.07, 6.45) is 16.0. The molecule has 23 heavy (non-hydrogen) atoms. The molecule has 1 fully saturated rings. The van der Waals surface area contributed by atoms with E-state index in [1.54, 1.807) is 0 Å². The van der Waals surface area contributed by atoms with Crippen LogP contribution in [0.1, 0.15) is 44.1 Å². The third-order valence-electron chi connectivity index (χ3n) is 5.09. The molecule has 1 aromatic carbocycles. The van der Waals surface area contributed by atoms with E-state index in [9.17, 15) is 4.79 Å². The number of hydrogen-bond donors (Lipinski definition) is 1. The van der Waals surface area contributed by atoms with Gasteiger partial charge in [0.15, 0.2) is 0 Å². The highest BCUT2D eigenvalue weighted by molar-refractivity contribution is 5.94. The fraction of sp³-hybridized carbons (Fsp3) is 0.476. The van der Waals surface area contributed by atoms with E-state index in [1.165, 1.54) is 5.56 Å². The number of fused-ring (bicyclic) bond motifs is 1. The maximum Gasteiger partial charge on any atom is 0.228 e. The molecular weight excluding hydrogens is 282 g/mol. The zero-order chi connectivity index (χ0) is 16.1. The lowest BCUT2D eigenvalue weighted by atomic mass is 10.1. The standard InChI is InChI=1S/C21H27NO/c1-16-11-10-12-17(15-16)22-21(23)20-18-13-8-6-4-2-3-5-7-9-14-19(18)20/h4-7,10-12,15,18-20H,2-3,8-9,13-14H2,1H3,(H,22,23)/b6-4-,7-5-/t18-,19+,20?. The summed E-state index contributed by atoms with van der Waals surface area (Å²) in [5.74, 6) is 1.56. The van der Waals surface area contributed by atoms with E-state index < -0.39 is 0 Å². The first-order valence-corrected chi connectivity index (χ1v) is 8.93. The molecule has 0 saturated heterocycles. The molecule has 2 nitrogen and oxygen atoms in total. The number of carbonyl (C=O) groups excluding carboxylic acids is 1. The number of hydrogen-bond acceptors (Lipinski definition) is 1. The summed E-state index contributed by atoms with van der Waals surface area (Å²) in [6.45, 7) is 2.05. The summed E-state index contributed by atoms with van der Waals surface area (Å²) in [4.78, 5) is 12.6. The van der Waals surface area contributed by atoms with Crippen LogP contribution in [0, 0.1) is 24.7 Å². The quantitative estimate of drug-likeness (QED) is 0.742. The summed E-state index contributed by atoms with van der Waals surface area (Å²) < 4.78 is 0. The third kappa shape index (κ3) is 4.34. The Bertz CT molecular complexity index is 578. The lowest BCUT2D eigenvalue weighted by Crippen LogP contribution is -2.15. The summed E-state index contributed by atoms with van der Waals surface area (Å²) in [7, 11) is 0. The van der Waals surface area contributed by atoms with Gasteiger partial charge in [-0.15, -0.1) is 0 Å². The highest BCUT2D eigenvalue weighted by Crippen LogP contribution is 2.52. The monoisotopic (exact) mass is 309 g/mol. The van der Waals surface area contributed by atoms with Gasteiger partial charge >= 0.3 is 0 Å². The third-order valence-corrected chi connectivity index (χ3v) is 5.09. The van der Waals surface area contributed by atoms with Gasteiger partial charge in [0.25, 0.3) is 0 Å². The Balaban J connectivity index is 1.61. The molecule has 3 rings (SSSR count). The molecule has 2 aliphatic carbocycles. The number of rotatable bonds is 2. The number of nitrogens with one attached hydrogen (secondary N) is 1. The van der Waals surface area contributed by atoms with Gasteiger partial charge in [0, 0.05) is 11.6 Å². The van der Waals surface area contributed by atoms with Crippen LogP contribution >= 0.6 is 0 Å². The predicted molar refractivity (Wildman–Crippen MR) is 96.3 cm³/mol. The van der Waals surface area contributed by atoms with Crippen molar-refractivity contribution >= 4 is 11.6 Å². The van der Waals surface area contributed by atoms with Crippen LogP contribution in [0.5, 0.6) is 0 Å². The van der Waals surface area contributed by atoms with Gasteiger partial charge in [-0.1, -0.05) is 36.4 Å². The van der Waals surface area contributed by atoms with Crippen molar-refractivity contribution in [1.29, 1.82) is 0 Å². The second-order valence-electron chi connectivity index (χ2n) is 6.89. The predicted octanol–water partition coefficient (Wildman–Crippen LogP) is 5.26. The van der Waals surface area contributed by atoms with Crippen LogP contribution in [0.15, 0.2) is 48.6 Å². The van der Waals surface area contributed by atoms with E-state index in [4.69, 9.17) is 0 Å². The van der Waals surface area contributed by atoms with Crippen molar-refractivity contribution < 1.29 is 4.79 Å². The minimum atomic E-state index is 0.207. The van der Waals surface area contributed by atoms with Crippen molar-refractivity contribution in [2.24, 2.45) is 17.8 Å². The fourth-order valence-electron chi connectivity index (χ4n) is 3.81. The minimum absolute atomic E-state index is 0.207. The van der Waals surface area contributed by atoms with Crippen LogP contribution in [0.2, 0.25) is 0 Å². The van der Waals surface area contributed by atoms with Crippen molar-refractivity contribution in [3.8, 4) is 0 Å². The van der Waals surface area contributed by atoms with Crippen molar-refractivity contribution in [2.75, 3.05) is 5.32 Å².